The van der Waals surface area contributed by atoms with Gasteiger partial charge in [-0.05, 0) is 62.6 Å². The lowest BCUT2D eigenvalue weighted by molar-refractivity contribution is 0.102. The maximum atomic E-state index is 13.3. The van der Waals surface area contributed by atoms with Crippen LogP contribution in [0.4, 0.5) is 5.69 Å². The SMILES string of the molecule is COc1ccc(C)cc1NC(=O)c1ccc(OC)c(S(=O)(=O)N2CCCCC2C)c1. The number of hydrogen-bond acceptors (Lipinski definition) is 5. The molecule has 1 aliphatic heterocycles. The predicted octanol–water partition coefficient (Wildman–Crippen LogP) is 3.83. The van der Waals surface area contributed by atoms with Crippen LogP contribution in [0.25, 0.3) is 0 Å². The average molecular weight is 433 g/mol. The number of carbonyl (C=O) groups excluding carboxylic acids is 1. The van der Waals surface area contributed by atoms with Crippen molar-refractivity contribution in [1.82, 2.24) is 4.31 Å². The van der Waals surface area contributed by atoms with Crippen LogP contribution in [0.1, 0.15) is 42.1 Å². The predicted molar refractivity (Wildman–Crippen MR) is 116 cm³/mol. The van der Waals surface area contributed by atoms with Gasteiger partial charge in [-0.2, -0.15) is 4.31 Å². The van der Waals surface area contributed by atoms with Crippen LogP contribution in [0, 0.1) is 6.92 Å². The zero-order valence-electron chi connectivity index (χ0n) is 17.8. The molecule has 0 aliphatic carbocycles. The first kappa shape index (κ1) is 22.1. The zero-order chi connectivity index (χ0) is 21.9. The number of rotatable bonds is 6. The van der Waals surface area contributed by atoms with Gasteiger partial charge in [-0.25, -0.2) is 8.42 Å². The van der Waals surface area contributed by atoms with E-state index >= 15 is 0 Å². The van der Waals surface area contributed by atoms with Crippen LogP contribution in [-0.2, 0) is 10.0 Å². The number of aryl methyl sites for hydroxylation is 1. The van der Waals surface area contributed by atoms with E-state index in [0.29, 0.717) is 18.0 Å². The number of carbonyl (C=O) groups is 1. The van der Waals surface area contributed by atoms with Crippen LogP contribution in [0.2, 0.25) is 0 Å². The fraction of sp³-hybridized carbons (Fsp3) is 0.409. The number of amides is 1. The summed E-state index contributed by atoms with van der Waals surface area (Å²) in [6, 6.07) is 9.81. The van der Waals surface area contributed by atoms with Crippen LogP contribution in [0.15, 0.2) is 41.3 Å². The van der Waals surface area contributed by atoms with Crippen LogP contribution in [-0.4, -0.2) is 45.4 Å². The molecule has 0 bridgehead atoms. The van der Waals surface area contributed by atoms with Gasteiger partial charge in [0.05, 0.1) is 19.9 Å². The first-order chi connectivity index (χ1) is 14.3. The molecule has 0 spiro atoms. The molecule has 0 radical (unpaired) electrons. The Labute approximate surface area is 178 Å². The summed E-state index contributed by atoms with van der Waals surface area (Å²) in [5.41, 5.74) is 1.71. The molecule has 3 rings (SSSR count). The van der Waals surface area contributed by atoms with Crippen LogP contribution >= 0.6 is 0 Å². The highest BCUT2D eigenvalue weighted by Gasteiger charge is 2.33. The Morgan fingerprint density at radius 3 is 2.43 bits per heavy atom. The quantitative estimate of drug-likeness (QED) is 0.750. The van der Waals surface area contributed by atoms with Gasteiger partial charge in [0.1, 0.15) is 16.4 Å². The topological polar surface area (TPSA) is 84.9 Å². The van der Waals surface area contributed by atoms with Crippen molar-refractivity contribution in [2.24, 2.45) is 0 Å². The van der Waals surface area contributed by atoms with E-state index in [0.717, 1.165) is 24.8 Å². The maximum Gasteiger partial charge on any atom is 0.255 e. The average Bonchev–Trinajstić information content (AvgIpc) is 2.73. The van der Waals surface area contributed by atoms with Gasteiger partial charge >= 0.3 is 0 Å². The number of nitrogens with zero attached hydrogens (tertiary/aromatic N) is 1. The number of sulfonamides is 1. The summed E-state index contributed by atoms with van der Waals surface area (Å²) in [6.45, 7) is 4.28. The van der Waals surface area contributed by atoms with Crippen molar-refractivity contribution in [2.45, 2.75) is 44.0 Å². The van der Waals surface area contributed by atoms with E-state index in [-0.39, 0.29) is 22.3 Å². The third-order valence-electron chi connectivity index (χ3n) is 5.36. The highest BCUT2D eigenvalue weighted by molar-refractivity contribution is 7.89. The molecule has 1 amide bonds. The third-order valence-corrected chi connectivity index (χ3v) is 7.39. The van der Waals surface area contributed by atoms with E-state index in [1.165, 1.54) is 30.7 Å². The second kappa shape index (κ2) is 9.06. The van der Waals surface area contributed by atoms with E-state index in [1.807, 2.05) is 19.9 Å². The van der Waals surface area contributed by atoms with Gasteiger partial charge in [0.25, 0.3) is 5.91 Å². The Morgan fingerprint density at radius 2 is 1.77 bits per heavy atom. The number of anilines is 1. The maximum absolute atomic E-state index is 13.3. The normalized spacial score (nSPS) is 17.4. The molecule has 2 aromatic rings. The minimum absolute atomic E-state index is 0.00241. The van der Waals surface area contributed by atoms with Gasteiger partial charge < -0.3 is 14.8 Å². The van der Waals surface area contributed by atoms with Crippen molar-refractivity contribution >= 4 is 21.6 Å². The highest BCUT2D eigenvalue weighted by Crippen LogP contribution is 2.32. The largest absolute Gasteiger partial charge is 0.495 e. The Morgan fingerprint density at radius 1 is 1.07 bits per heavy atom. The van der Waals surface area contributed by atoms with Gasteiger partial charge in [0.2, 0.25) is 10.0 Å². The van der Waals surface area contributed by atoms with Gasteiger partial charge in [0, 0.05) is 18.2 Å². The molecule has 1 saturated heterocycles. The summed E-state index contributed by atoms with van der Waals surface area (Å²) in [5.74, 6) is 0.319. The molecule has 30 heavy (non-hydrogen) atoms. The van der Waals surface area contributed by atoms with Crippen LogP contribution in [0.3, 0.4) is 0 Å². The molecular weight excluding hydrogens is 404 g/mol. The van der Waals surface area contributed by atoms with E-state index in [9.17, 15) is 13.2 Å². The second-order valence-electron chi connectivity index (χ2n) is 7.48. The summed E-state index contributed by atoms with van der Waals surface area (Å²) < 4.78 is 38.8. The summed E-state index contributed by atoms with van der Waals surface area (Å²) in [6.07, 6.45) is 2.64. The molecule has 8 heteroatoms. The summed E-state index contributed by atoms with van der Waals surface area (Å²) in [5, 5.41) is 2.81. The molecule has 0 saturated carbocycles. The fourth-order valence-electron chi connectivity index (χ4n) is 3.69. The molecule has 1 aliphatic rings. The van der Waals surface area contributed by atoms with Crippen molar-refractivity contribution in [3.63, 3.8) is 0 Å². The smallest absolute Gasteiger partial charge is 0.255 e. The lowest BCUT2D eigenvalue weighted by Gasteiger charge is -2.32. The first-order valence-electron chi connectivity index (χ1n) is 9.93. The molecule has 162 valence electrons. The van der Waals surface area contributed by atoms with Gasteiger partial charge in [0.15, 0.2) is 0 Å². The van der Waals surface area contributed by atoms with E-state index < -0.39 is 15.9 Å². The lowest BCUT2D eigenvalue weighted by atomic mass is 10.1. The highest BCUT2D eigenvalue weighted by atomic mass is 32.2. The minimum Gasteiger partial charge on any atom is -0.495 e. The fourth-order valence-corrected chi connectivity index (χ4v) is 5.57. The molecule has 2 aromatic carbocycles. The van der Waals surface area contributed by atoms with Crippen molar-refractivity contribution in [1.29, 1.82) is 0 Å². The number of ether oxygens (including phenoxy) is 2. The number of hydrogen-bond donors (Lipinski definition) is 1. The summed E-state index contributed by atoms with van der Waals surface area (Å²) in [4.78, 5) is 12.9. The van der Waals surface area contributed by atoms with E-state index in [1.54, 1.807) is 18.2 Å². The molecule has 7 nitrogen and oxygen atoms in total. The summed E-state index contributed by atoms with van der Waals surface area (Å²) in [7, 11) is -0.851. The Balaban J connectivity index is 1.96. The second-order valence-corrected chi connectivity index (χ2v) is 9.34. The third kappa shape index (κ3) is 4.44. The van der Waals surface area contributed by atoms with Gasteiger partial charge in [-0.15, -0.1) is 0 Å². The van der Waals surface area contributed by atoms with E-state index in [4.69, 9.17) is 9.47 Å². The number of piperidine rings is 1. The molecular formula is C22H28N2O5S. The molecule has 1 atom stereocenters. The van der Waals surface area contributed by atoms with Gasteiger partial charge in [-0.1, -0.05) is 12.5 Å². The molecule has 1 N–H and O–H groups in total. The van der Waals surface area contributed by atoms with Crippen molar-refractivity contribution in [3.8, 4) is 11.5 Å². The number of benzene rings is 2. The monoisotopic (exact) mass is 432 g/mol. The Bertz CT molecular complexity index is 1040. The molecule has 1 heterocycles. The molecule has 1 unspecified atom stereocenters. The van der Waals surface area contributed by atoms with Gasteiger partial charge in [-0.3, -0.25) is 4.79 Å². The van der Waals surface area contributed by atoms with E-state index in [2.05, 4.69) is 5.32 Å². The van der Waals surface area contributed by atoms with Crippen LogP contribution < -0.4 is 14.8 Å². The van der Waals surface area contributed by atoms with Crippen molar-refractivity contribution < 1.29 is 22.7 Å². The number of methoxy groups -OCH3 is 2. The van der Waals surface area contributed by atoms with Crippen molar-refractivity contribution in [2.75, 3.05) is 26.1 Å². The minimum atomic E-state index is -3.80. The lowest BCUT2D eigenvalue weighted by Crippen LogP contribution is -2.42. The van der Waals surface area contributed by atoms with Crippen LogP contribution in [0.5, 0.6) is 11.5 Å². The summed E-state index contributed by atoms with van der Waals surface area (Å²) >= 11 is 0. The Hall–Kier alpha value is -2.58. The molecule has 0 aromatic heterocycles. The molecule has 1 fully saturated rings. The first-order valence-corrected chi connectivity index (χ1v) is 11.4. The zero-order valence-corrected chi connectivity index (χ0v) is 18.6. The number of nitrogens with one attached hydrogen (secondary N) is 1. The van der Waals surface area contributed by atoms with Crippen molar-refractivity contribution in [3.05, 3.63) is 47.5 Å². The standard InChI is InChI=1S/C22H28N2O5S/c1-15-8-10-19(28-3)18(13-15)23-22(25)17-9-11-20(29-4)21(14-17)30(26,27)24-12-6-5-7-16(24)2/h8-11,13-14,16H,5-7,12H2,1-4H3,(H,23,25). The Kier molecular flexibility index (Phi) is 6.67.